The molecule has 1 rings (SSSR count). The molecule has 1 amide bonds. The Bertz CT molecular complexity index is 477. The van der Waals surface area contributed by atoms with Crippen molar-refractivity contribution in [3.8, 4) is 0 Å². The SMILES string of the molecule is CC(CCCNc1cc(Cl)ccc1C(N)=O)C(=O)O. The minimum atomic E-state index is -0.805. The standard InChI is InChI=1S/C13H17ClN2O3/c1-8(13(18)19)3-2-6-16-11-7-9(14)4-5-10(11)12(15)17/h4-5,7-8,16H,2-3,6H2,1H3,(H2,15,17)(H,18,19). The number of hydrogen-bond donors (Lipinski definition) is 3. The number of halogens is 1. The molecule has 0 spiro atoms. The van der Waals surface area contributed by atoms with Crippen LogP contribution in [0.1, 0.15) is 30.1 Å². The van der Waals surface area contributed by atoms with Gasteiger partial charge in [-0.3, -0.25) is 9.59 Å². The van der Waals surface area contributed by atoms with Gasteiger partial charge < -0.3 is 16.2 Å². The molecule has 0 radical (unpaired) electrons. The average Bonchev–Trinajstić information content (AvgIpc) is 2.33. The molecule has 1 atom stereocenters. The smallest absolute Gasteiger partial charge is 0.306 e. The second-order valence-corrected chi connectivity index (χ2v) is 4.80. The van der Waals surface area contributed by atoms with Crippen molar-refractivity contribution in [1.82, 2.24) is 0 Å². The molecule has 0 aliphatic rings. The summed E-state index contributed by atoms with van der Waals surface area (Å²) in [7, 11) is 0. The van der Waals surface area contributed by atoms with Gasteiger partial charge in [0.1, 0.15) is 0 Å². The Morgan fingerprint density at radius 3 is 2.74 bits per heavy atom. The zero-order valence-electron chi connectivity index (χ0n) is 10.6. The van der Waals surface area contributed by atoms with E-state index in [0.29, 0.717) is 35.7 Å². The summed E-state index contributed by atoms with van der Waals surface area (Å²) in [5.74, 6) is -1.71. The summed E-state index contributed by atoms with van der Waals surface area (Å²) < 4.78 is 0. The lowest BCUT2D eigenvalue weighted by Gasteiger charge is -2.11. The summed E-state index contributed by atoms with van der Waals surface area (Å²) in [5.41, 5.74) is 6.20. The molecule has 104 valence electrons. The summed E-state index contributed by atoms with van der Waals surface area (Å²) >= 11 is 5.86. The zero-order chi connectivity index (χ0) is 14.4. The second-order valence-electron chi connectivity index (χ2n) is 4.36. The van der Waals surface area contributed by atoms with Crippen molar-refractivity contribution in [2.45, 2.75) is 19.8 Å². The molecular formula is C13H17ClN2O3. The van der Waals surface area contributed by atoms with Crippen molar-refractivity contribution < 1.29 is 14.7 Å². The predicted molar refractivity (Wildman–Crippen MR) is 74.5 cm³/mol. The van der Waals surface area contributed by atoms with E-state index in [-0.39, 0.29) is 5.92 Å². The summed E-state index contributed by atoms with van der Waals surface area (Å²) in [6.45, 7) is 2.22. The van der Waals surface area contributed by atoms with E-state index in [4.69, 9.17) is 22.4 Å². The Hall–Kier alpha value is -1.75. The lowest BCUT2D eigenvalue weighted by molar-refractivity contribution is -0.141. The average molecular weight is 285 g/mol. The minimum Gasteiger partial charge on any atom is -0.481 e. The van der Waals surface area contributed by atoms with Crippen LogP contribution in [0.25, 0.3) is 0 Å². The highest BCUT2D eigenvalue weighted by Gasteiger charge is 2.11. The molecule has 4 N–H and O–H groups in total. The number of hydrogen-bond acceptors (Lipinski definition) is 3. The van der Waals surface area contributed by atoms with E-state index in [9.17, 15) is 9.59 Å². The van der Waals surface area contributed by atoms with Crippen LogP contribution in [0.4, 0.5) is 5.69 Å². The Balaban J connectivity index is 2.55. The predicted octanol–water partition coefficient (Wildman–Crippen LogP) is 2.35. The number of benzene rings is 1. The summed E-state index contributed by atoms with van der Waals surface area (Å²) in [5, 5.41) is 12.3. The van der Waals surface area contributed by atoms with Gasteiger partial charge in [0, 0.05) is 17.3 Å². The van der Waals surface area contributed by atoms with Gasteiger partial charge in [-0.05, 0) is 31.0 Å². The maximum absolute atomic E-state index is 11.2. The summed E-state index contributed by atoms with van der Waals surface area (Å²) in [4.78, 5) is 21.9. The third-order valence-corrected chi connectivity index (χ3v) is 3.03. The van der Waals surface area contributed by atoms with Crippen LogP contribution < -0.4 is 11.1 Å². The highest BCUT2D eigenvalue weighted by Crippen LogP contribution is 2.21. The fraction of sp³-hybridized carbons (Fsp3) is 0.385. The summed E-state index contributed by atoms with van der Waals surface area (Å²) in [6.07, 6.45) is 1.24. The van der Waals surface area contributed by atoms with Crippen LogP contribution in [0, 0.1) is 5.92 Å². The number of rotatable bonds is 7. The number of aliphatic carboxylic acids is 1. The van der Waals surface area contributed by atoms with Crippen molar-refractivity contribution in [3.05, 3.63) is 28.8 Å². The molecule has 0 saturated heterocycles. The maximum Gasteiger partial charge on any atom is 0.306 e. The van der Waals surface area contributed by atoms with Crippen LogP contribution in [0.15, 0.2) is 18.2 Å². The molecule has 1 unspecified atom stereocenters. The Morgan fingerprint density at radius 2 is 2.16 bits per heavy atom. The third kappa shape index (κ3) is 4.79. The first-order chi connectivity index (χ1) is 8.91. The van der Waals surface area contributed by atoms with Crippen LogP contribution in [-0.2, 0) is 4.79 Å². The molecule has 1 aromatic rings. The highest BCUT2D eigenvalue weighted by molar-refractivity contribution is 6.31. The van der Waals surface area contributed by atoms with Gasteiger partial charge in [0.2, 0.25) is 0 Å². The van der Waals surface area contributed by atoms with Gasteiger partial charge >= 0.3 is 5.97 Å². The molecule has 0 aromatic heterocycles. The van der Waals surface area contributed by atoms with Crippen molar-refractivity contribution in [1.29, 1.82) is 0 Å². The largest absolute Gasteiger partial charge is 0.481 e. The summed E-state index contributed by atoms with van der Waals surface area (Å²) in [6, 6.07) is 4.79. The van der Waals surface area contributed by atoms with E-state index in [2.05, 4.69) is 5.32 Å². The molecule has 1 aromatic carbocycles. The van der Waals surface area contributed by atoms with E-state index < -0.39 is 11.9 Å². The van der Waals surface area contributed by atoms with Gasteiger partial charge in [0.15, 0.2) is 0 Å². The molecule has 0 saturated carbocycles. The zero-order valence-corrected chi connectivity index (χ0v) is 11.4. The van der Waals surface area contributed by atoms with E-state index in [1.807, 2.05) is 0 Å². The number of carbonyl (C=O) groups excluding carboxylic acids is 1. The van der Waals surface area contributed by atoms with Gasteiger partial charge in [-0.25, -0.2) is 0 Å². The van der Waals surface area contributed by atoms with E-state index in [1.165, 1.54) is 0 Å². The Kier molecular flexibility index (Phi) is 5.63. The molecule has 0 fully saturated rings. The van der Waals surface area contributed by atoms with Crippen LogP contribution >= 0.6 is 11.6 Å². The van der Waals surface area contributed by atoms with E-state index >= 15 is 0 Å². The quantitative estimate of drug-likeness (QED) is 0.670. The molecule has 0 heterocycles. The van der Waals surface area contributed by atoms with Crippen LogP contribution in [-0.4, -0.2) is 23.5 Å². The number of amides is 1. The number of carbonyl (C=O) groups is 2. The monoisotopic (exact) mass is 284 g/mol. The molecule has 5 nitrogen and oxygen atoms in total. The van der Waals surface area contributed by atoms with Crippen LogP contribution in [0.5, 0.6) is 0 Å². The normalized spacial score (nSPS) is 11.9. The van der Waals surface area contributed by atoms with Crippen molar-refractivity contribution >= 4 is 29.2 Å². The van der Waals surface area contributed by atoms with Crippen molar-refractivity contribution in [2.24, 2.45) is 11.7 Å². The van der Waals surface area contributed by atoms with Crippen LogP contribution in [0.2, 0.25) is 5.02 Å². The molecule has 0 aliphatic carbocycles. The topological polar surface area (TPSA) is 92.4 Å². The van der Waals surface area contributed by atoms with Crippen molar-refractivity contribution in [3.63, 3.8) is 0 Å². The Morgan fingerprint density at radius 1 is 1.47 bits per heavy atom. The first-order valence-electron chi connectivity index (χ1n) is 5.98. The van der Waals surface area contributed by atoms with Gasteiger partial charge in [0.05, 0.1) is 11.5 Å². The first kappa shape index (κ1) is 15.3. The van der Waals surface area contributed by atoms with E-state index in [1.54, 1.807) is 25.1 Å². The molecular weight excluding hydrogens is 268 g/mol. The number of primary amides is 1. The van der Waals surface area contributed by atoms with Crippen LogP contribution in [0.3, 0.4) is 0 Å². The third-order valence-electron chi connectivity index (χ3n) is 2.80. The Labute approximate surface area is 116 Å². The van der Waals surface area contributed by atoms with Gasteiger partial charge in [-0.2, -0.15) is 0 Å². The van der Waals surface area contributed by atoms with Gasteiger partial charge in [0.25, 0.3) is 5.91 Å². The highest BCUT2D eigenvalue weighted by atomic mass is 35.5. The van der Waals surface area contributed by atoms with E-state index in [0.717, 1.165) is 0 Å². The second kappa shape index (κ2) is 6.99. The lowest BCUT2D eigenvalue weighted by atomic mass is 10.1. The van der Waals surface area contributed by atoms with Crippen molar-refractivity contribution in [2.75, 3.05) is 11.9 Å². The fourth-order valence-corrected chi connectivity index (χ4v) is 1.80. The molecule has 6 heteroatoms. The maximum atomic E-state index is 11.2. The fourth-order valence-electron chi connectivity index (χ4n) is 1.63. The number of nitrogens with two attached hydrogens (primary N) is 1. The number of carboxylic acid groups (broad SMARTS) is 1. The number of nitrogens with one attached hydrogen (secondary N) is 1. The number of anilines is 1. The van der Waals surface area contributed by atoms with Gasteiger partial charge in [-0.15, -0.1) is 0 Å². The first-order valence-corrected chi connectivity index (χ1v) is 6.35. The minimum absolute atomic E-state index is 0.371. The molecule has 0 bridgehead atoms. The van der Waals surface area contributed by atoms with Gasteiger partial charge in [-0.1, -0.05) is 18.5 Å². The molecule has 19 heavy (non-hydrogen) atoms. The lowest BCUT2D eigenvalue weighted by Crippen LogP contribution is -2.16. The number of carboxylic acids is 1. The molecule has 0 aliphatic heterocycles.